The van der Waals surface area contributed by atoms with Gasteiger partial charge in [0.05, 0.1) is 50.7 Å². The molecule has 18 unspecified atom stereocenters. The third-order valence-electron chi connectivity index (χ3n) is 21.2. The summed E-state index contributed by atoms with van der Waals surface area (Å²) in [6, 6.07) is -2.53. The molecule has 3 aliphatic heterocycles. The second-order valence-electron chi connectivity index (χ2n) is 30.3. The summed E-state index contributed by atoms with van der Waals surface area (Å²) >= 11 is 0. The van der Waals surface area contributed by atoms with Gasteiger partial charge in [0.15, 0.2) is 12.6 Å². The van der Waals surface area contributed by atoms with E-state index in [-0.39, 0.29) is 18.9 Å². The van der Waals surface area contributed by atoms with Crippen molar-refractivity contribution in [2.75, 3.05) is 26.4 Å². The molecule has 0 aromatic rings. The average molecular weight is 1490 g/mol. The molecular weight excluding hydrogens is 1340 g/mol. The Labute approximate surface area is 625 Å². The first-order chi connectivity index (χ1) is 50.4. The third kappa shape index (κ3) is 39.7. The van der Waals surface area contributed by atoms with Crippen LogP contribution in [0.25, 0.3) is 0 Å². The number of rotatable bonds is 66. The standard InChI is InChI=1S/C81H150N2O21/c1-4-6-8-10-12-14-16-18-20-22-24-26-27-28-29-30-31-32-33-35-37-39-41-43-45-47-49-51-53-55-68(91)83-62(63(88)54-52-50-48-46-44-42-40-38-36-34-25-23-21-19-17-15-13-11-9-7-5-2)60-99-78-73(95)72(94)75(67(59-86)101-78)102-79-74(96)77(71(93)66(58-85)100-79)104-81(80(97)98)56-64(89)69(82-61(3)87)76(103-81)70(92)65(90)57-84/h24,26,28-29,62-67,69-79,84-86,88-90,92-96H,4-23,25,27,30-60H2,1-3H3,(H,82,87)(H,83,91)(H,97,98)/b26-24-,29-28-. The lowest BCUT2D eigenvalue weighted by Crippen LogP contribution is -2.70. The molecule has 0 aromatic heterocycles. The van der Waals surface area contributed by atoms with Crippen LogP contribution in [0, 0.1) is 0 Å². The van der Waals surface area contributed by atoms with Gasteiger partial charge in [-0.05, 0) is 44.9 Å². The Morgan fingerprint density at radius 3 is 1.35 bits per heavy atom. The Morgan fingerprint density at radius 1 is 0.500 bits per heavy atom. The minimum atomic E-state index is -3.08. The van der Waals surface area contributed by atoms with E-state index < -0.39 is 148 Å². The number of aliphatic carboxylic acids is 1. The van der Waals surface area contributed by atoms with Gasteiger partial charge in [-0.25, -0.2) is 4.79 Å². The number of amides is 2. The quantitative estimate of drug-likeness (QED) is 0.0199. The van der Waals surface area contributed by atoms with Gasteiger partial charge in [0.25, 0.3) is 5.79 Å². The third-order valence-corrected chi connectivity index (χ3v) is 21.2. The highest BCUT2D eigenvalue weighted by molar-refractivity contribution is 5.77. The Balaban J connectivity index is 1.49. The topological polar surface area (TPSA) is 373 Å². The van der Waals surface area contributed by atoms with Gasteiger partial charge >= 0.3 is 5.97 Å². The molecule has 3 rings (SSSR count). The van der Waals surface area contributed by atoms with Gasteiger partial charge in [0, 0.05) is 19.8 Å². The summed E-state index contributed by atoms with van der Waals surface area (Å²) in [6.45, 7) is 2.26. The highest BCUT2D eigenvalue weighted by atomic mass is 16.8. The van der Waals surface area contributed by atoms with Crippen molar-refractivity contribution in [1.29, 1.82) is 0 Å². The van der Waals surface area contributed by atoms with Crippen LogP contribution in [0.15, 0.2) is 24.3 Å². The Kier molecular flexibility index (Phi) is 55.0. The second-order valence-corrected chi connectivity index (χ2v) is 30.3. The fraction of sp³-hybridized carbons (Fsp3) is 0.914. The van der Waals surface area contributed by atoms with Crippen molar-refractivity contribution in [3.63, 3.8) is 0 Å². The molecule has 3 aliphatic rings. The second kappa shape index (κ2) is 60.0. The van der Waals surface area contributed by atoms with Crippen molar-refractivity contribution in [1.82, 2.24) is 10.6 Å². The predicted octanol–water partition coefficient (Wildman–Crippen LogP) is 11.5. The zero-order valence-electron chi connectivity index (χ0n) is 64.6. The fourth-order valence-corrected chi connectivity index (χ4v) is 14.6. The predicted molar refractivity (Wildman–Crippen MR) is 403 cm³/mol. The van der Waals surface area contributed by atoms with Crippen LogP contribution in [0.4, 0.5) is 0 Å². The summed E-state index contributed by atoms with van der Waals surface area (Å²) in [5.74, 6) is -6.10. The van der Waals surface area contributed by atoms with Gasteiger partial charge in [-0.2, -0.15) is 0 Å². The van der Waals surface area contributed by atoms with Crippen LogP contribution in [-0.4, -0.2) is 215 Å². The number of nitrogens with one attached hydrogen (secondary N) is 2. The molecule has 3 fully saturated rings. The largest absolute Gasteiger partial charge is 0.477 e. The number of carboxylic acid groups (broad SMARTS) is 1. The summed E-state index contributed by atoms with van der Waals surface area (Å²) in [5, 5.41) is 137. The molecule has 0 saturated carbocycles. The molecule has 0 bridgehead atoms. The first kappa shape index (κ1) is 95.4. The number of carbonyl (C=O) groups is 3. The number of hydrogen-bond acceptors (Lipinski definition) is 20. The van der Waals surface area contributed by atoms with E-state index in [1.54, 1.807) is 0 Å². The maximum Gasteiger partial charge on any atom is 0.364 e. The average Bonchev–Trinajstić information content (AvgIpc) is 0.756. The van der Waals surface area contributed by atoms with E-state index in [1.165, 1.54) is 218 Å². The molecule has 610 valence electrons. The van der Waals surface area contributed by atoms with Gasteiger partial charge in [-0.15, -0.1) is 0 Å². The van der Waals surface area contributed by atoms with Crippen molar-refractivity contribution >= 4 is 17.8 Å². The molecule has 14 N–H and O–H groups in total. The molecule has 0 aliphatic carbocycles. The fourth-order valence-electron chi connectivity index (χ4n) is 14.6. The van der Waals surface area contributed by atoms with Crippen molar-refractivity contribution in [2.45, 2.75) is 445 Å². The summed E-state index contributed by atoms with van der Waals surface area (Å²) in [6.07, 6.45) is 37.4. The van der Waals surface area contributed by atoms with E-state index in [4.69, 9.17) is 28.4 Å². The first-order valence-electron chi connectivity index (χ1n) is 41.7. The van der Waals surface area contributed by atoms with Crippen LogP contribution in [0.2, 0.25) is 0 Å². The number of carbonyl (C=O) groups excluding carboxylic acids is 2. The molecule has 0 spiro atoms. The van der Waals surface area contributed by atoms with E-state index >= 15 is 0 Å². The van der Waals surface area contributed by atoms with Gasteiger partial charge in [0.2, 0.25) is 11.8 Å². The SMILES string of the molecule is CCCCCCCCCCC/C=C\C/C=C\CCCCCCCCCCCCCCCC(=O)NC(COC1OC(CO)C(OC2OC(CO)C(O)C(OC3(C(=O)O)CC(O)C(NC(C)=O)C(C(O)C(O)CO)O3)C2O)C(O)C1O)C(O)CCCCCCCCCCCCCCCCCCCCCCC. The van der Waals surface area contributed by atoms with Crippen LogP contribution < -0.4 is 10.6 Å². The highest BCUT2D eigenvalue weighted by Crippen LogP contribution is 2.39. The minimum absolute atomic E-state index is 0.224. The van der Waals surface area contributed by atoms with Gasteiger partial charge in [-0.1, -0.05) is 295 Å². The number of carboxylic acids is 1. The Morgan fingerprint density at radius 2 is 0.923 bits per heavy atom. The van der Waals surface area contributed by atoms with Gasteiger partial charge < -0.3 is 100 Å². The van der Waals surface area contributed by atoms with Gasteiger partial charge in [0.1, 0.15) is 67.1 Å². The summed E-state index contributed by atoms with van der Waals surface area (Å²) < 4.78 is 35.0. The number of allylic oxidation sites excluding steroid dienone is 4. The van der Waals surface area contributed by atoms with E-state index in [9.17, 15) is 75.7 Å². The van der Waals surface area contributed by atoms with Crippen molar-refractivity contribution in [3.05, 3.63) is 24.3 Å². The molecule has 18 atom stereocenters. The molecular formula is C81H150N2O21. The van der Waals surface area contributed by atoms with E-state index in [2.05, 4.69) is 48.8 Å². The zero-order valence-corrected chi connectivity index (χ0v) is 64.6. The van der Waals surface area contributed by atoms with E-state index in [0.717, 1.165) is 71.1 Å². The number of aliphatic hydroxyl groups excluding tert-OH is 11. The maximum absolute atomic E-state index is 13.6. The van der Waals surface area contributed by atoms with E-state index in [0.29, 0.717) is 19.3 Å². The molecule has 2 amide bonds. The first-order valence-corrected chi connectivity index (χ1v) is 41.7. The van der Waals surface area contributed by atoms with Crippen LogP contribution in [0.3, 0.4) is 0 Å². The zero-order chi connectivity index (χ0) is 76.0. The summed E-state index contributed by atoms with van der Waals surface area (Å²) in [4.78, 5) is 38.7. The summed E-state index contributed by atoms with van der Waals surface area (Å²) in [7, 11) is 0. The molecule has 23 nitrogen and oxygen atoms in total. The van der Waals surface area contributed by atoms with Crippen LogP contribution in [0.1, 0.15) is 335 Å². The number of aliphatic hydroxyl groups is 11. The maximum atomic E-state index is 13.6. The normalized spacial score (nSPS) is 26.5. The smallest absolute Gasteiger partial charge is 0.364 e. The van der Waals surface area contributed by atoms with Crippen LogP contribution in [0.5, 0.6) is 0 Å². The Hall–Kier alpha value is -2.79. The van der Waals surface area contributed by atoms with Crippen molar-refractivity contribution in [3.8, 4) is 0 Å². The molecule has 3 heterocycles. The minimum Gasteiger partial charge on any atom is -0.477 e. The lowest BCUT2D eigenvalue weighted by molar-refractivity contribution is -0.386. The lowest BCUT2D eigenvalue weighted by Gasteiger charge is -2.50. The lowest BCUT2D eigenvalue weighted by atomic mass is 9.88. The van der Waals surface area contributed by atoms with E-state index in [1.807, 2.05) is 0 Å². The summed E-state index contributed by atoms with van der Waals surface area (Å²) in [5.41, 5.74) is 0. The van der Waals surface area contributed by atoms with Crippen LogP contribution >= 0.6 is 0 Å². The molecule has 104 heavy (non-hydrogen) atoms. The Bertz CT molecular complexity index is 2170. The monoisotopic (exact) mass is 1490 g/mol. The molecule has 23 heteroatoms. The number of ether oxygens (including phenoxy) is 6. The highest BCUT2D eigenvalue weighted by Gasteiger charge is 2.60. The van der Waals surface area contributed by atoms with Crippen molar-refractivity contribution in [2.24, 2.45) is 0 Å². The molecule has 0 radical (unpaired) electrons. The van der Waals surface area contributed by atoms with Crippen molar-refractivity contribution < 1.29 is 104 Å². The number of unbranched alkanes of at least 4 members (excludes halogenated alkanes) is 42. The molecule has 3 saturated heterocycles. The van der Waals surface area contributed by atoms with Crippen LogP contribution in [-0.2, 0) is 42.8 Å². The number of hydrogen-bond donors (Lipinski definition) is 14. The molecule has 0 aromatic carbocycles. The van der Waals surface area contributed by atoms with Gasteiger partial charge in [-0.3, -0.25) is 9.59 Å².